The van der Waals surface area contributed by atoms with Gasteiger partial charge >= 0.3 is 6.09 Å². The molecule has 0 aliphatic heterocycles. The molecule has 1 atom stereocenters. The van der Waals surface area contributed by atoms with Crippen LogP contribution in [0.4, 0.5) is 10.5 Å². The average molecular weight is 404 g/mol. The van der Waals surface area contributed by atoms with Crippen LogP contribution in [0.3, 0.4) is 0 Å². The van der Waals surface area contributed by atoms with E-state index in [4.69, 9.17) is 16.3 Å². The summed E-state index contributed by atoms with van der Waals surface area (Å²) in [4.78, 5) is 37.7. The van der Waals surface area contributed by atoms with Gasteiger partial charge in [-0.15, -0.1) is 11.6 Å². The molecule has 8 heteroatoms. The van der Waals surface area contributed by atoms with E-state index < -0.39 is 12.1 Å². The quantitative estimate of drug-likeness (QED) is 0.696. The average Bonchev–Trinajstić information content (AvgIpc) is 2.70. The van der Waals surface area contributed by atoms with Crippen LogP contribution in [0, 0.1) is 0 Å². The fourth-order valence-corrected chi connectivity index (χ4v) is 2.49. The number of halogens is 1. The van der Waals surface area contributed by atoms with Crippen LogP contribution in [-0.4, -0.2) is 42.8 Å². The molecule has 148 valence electrons. The highest BCUT2D eigenvalue weighted by atomic mass is 35.5. The van der Waals surface area contributed by atoms with E-state index in [1.165, 1.54) is 4.90 Å². The Morgan fingerprint density at radius 1 is 1.07 bits per heavy atom. The van der Waals surface area contributed by atoms with E-state index in [0.29, 0.717) is 11.3 Å². The van der Waals surface area contributed by atoms with E-state index in [-0.39, 0.29) is 24.3 Å². The summed E-state index contributed by atoms with van der Waals surface area (Å²) >= 11 is 5.50. The van der Waals surface area contributed by atoms with Crippen molar-refractivity contribution in [2.24, 2.45) is 0 Å². The highest BCUT2D eigenvalue weighted by Crippen LogP contribution is 2.20. The Bertz CT molecular complexity index is 827. The lowest BCUT2D eigenvalue weighted by atomic mass is 10.0. The first-order valence-corrected chi connectivity index (χ1v) is 9.08. The summed E-state index contributed by atoms with van der Waals surface area (Å²) in [6, 6.07) is 14.9. The normalized spacial score (nSPS) is 11.2. The fourth-order valence-electron chi connectivity index (χ4n) is 2.42. The molecule has 0 fully saturated rings. The van der Waals surface area contributed by atoms with Gasteiger partial charge in [-0.3, -0.25) is 9.59 Å². The second kappa shape index (κ2) is 10.3. The van der Waals surface area contributed by atoms with Crippen molar-refractivity contribution in [3.63, 3.8) is 0 Å². The summed E-state index contributed by atoms with van der Waals surface area (Å²) in [5.74, 6) is -0.893. The van der Waals surface area contributed by atoms with E-state index in [1.807, 2.05) is 30.3 Å². The van der Waals surface area contributed by atoms with Crippen LogP contribution in [-0.2, 0) is 20.9 Å². The fraction of sp³-hybridized carbons (Fsp3) is 0.250. The topological polar surface area (TPSA) is 87.7 Å². The number of amides is 3. The van der Waals surface area contributed by atoms with Gasteiger partial charge in [0.1, 0.15) is 18.5 Å². The number of carbonyl (C=O) groups is 3. The lowest BCUT2D eigenvalue weighted by Gasteiger charge is -2.22. The first-order valence-electron chi connectivity index (χ1n) is 8.55. The van der Waals surface area contributed by atoms with Gasteiger partial charge in [0.25, 0.3) is 0 Å². The minimum Gasteiger partial charge on any atom is -0.445 e. The van der Waals surface area contributed by atoms with Crippen LogP contribution in [0.25, 0.3) is 0 Å². The molecule has 0 aromatic heterocycles. The number of nitrogens with zero attached hydrogens (tertiary/aromatic N) is 1. The summed E-state index contributed by atoms with van der Waals surface area (Å²) in [5.41, 5.74) is 1.81. The Balaban J connectivity index is 2.13. The van der Waals surface area contributed by atoms with Gasteiger partial charge in [-0.2, -0.15) is 0 Å². The maximum absolute atomic E-state index is 12.6. The number of hydrogen-bond acceptors (Lipinski definition) is 4. The van der Waals surface area contributed by atoms with Crippen molar-refractivity contribution >= 4 is 35.2 Å². The van der Waals surface area contributed by atoms with Gasteiger partial charge in [-0.1, -0.05) is 42.5 Å². The summed E-state index contributed by atoms with van der Waals surface area (Å²) in [6.45, 7) is 0.0847. The molecule has 0 unspecified atom stereocenters. The zero-order valence-corrected chi connectivity index (χ0v) is 16.4. The number of nitrogens with one attached hydrogen (secondary N) is 2. The zero-order chi connectivity index (χ0) is 20.5. The van der Waals surface area contributed by atoms with Gasteiger partial charge in [0, 0.05) is 19.8 Å². The summed E-state index contributed by atoms with van der Waals surface area (Å²) in [5, 5.41) is 5.20. The number of ether oxygens (including phenoxy) is 1. The molecule has 2 N–H and O–H groups in total. The number of benzene rings is 2. The number of alkyl halides is 1. The molecule has 0 bridgehead atoms. The molecule has 2 aromatic rings. The van der Waals surface area contributed by atoms with Gasteiger partial charge in [0.15, 0.2) is 0 Å². The van der Waals surface area contributed by atoms with Crippen molar-refractivity contribution < 1.29 is 19.1 Å². The Hall–Kier alpha value is -3.06. The van der Waals surface area contributed by atoms with Crippen molar-refractivity contribution in [1.82, 2.24) is 10.2 Å². The van der Waals surface area contributed by atoms with Gasteiger partial charge in [-0.05, 0) is 23.3 Å². The van der Waals surface area contributed by atoms with Crippen LogP contribution in [0.15, 0.2) is 54.6 Å². The molecule has 28 heavy (non-hydrogen) atoms. The maximum atomic E-state index is 12.6. The van der Waals surface area contributed by atoms with Crippen molar-refractivity contribution in [3.05, 3.63) is 65.7 Å². The molecule has 2 aromatic carbocycles. The van der Waals surface area contributed by atoms with E-state index >= 15 is 0 Å². The molecule has 0 aliphatic rings. The number of hydrogen-bond donors (Lipinski definition) is 2. The second-order valence-corrected chi connectivity index (χ2v) is 6.45. The molecular formula is C20H22ClN3O4. The summed E-state index contributed by atoms with van der Waals surface area (Å²) in [6.07, 6.45) is -0.723. The highest BCUT2D eigenvalue weighted by molar-refractivity contribution is 6.29. The number of alkyl carbamates (subject to hydrolysis) is 1. The molecular weight excluding hydrogens is 382 g/mol. The van der Waals surface area contributed by atoms with Crippen LogP contribution in [0.5, 0.6) is 0 Å². The molecule has 0 aliphatic carbocycles. The van der Waals surface area contributed by atoms with Crippen LogP contribution >= 0.6 is 11.6 Å². The Morgan fingerprint density at radius 3 is 2.43 bits per heavy atom. The SMILES string of the molecule is CN(C)C(=O)[C@H](NC(=O)OCc1ccccc1)c1cccc(NC(=O)CCl)c1. The van der Waals surface area contributed by atoms with Crippen LogP contribution in [0.1, 0.15) is 17.2 Å². The van der Waals surface area contributed by atoms with Crippen LogP contribution < -0.4 is 10.6 Å². The largest absolute Gasteiger partial charge is 0.445 e. The third-order valence-corrected chi connectivity index (χ3v) is 4.03. The number of carbonyl (C=O) groups excluding carboxylic acids is 3. The third-order valence-electron chi connectivity index (χ3n) is 3.79. The van der Waals surface area contributed by atoms with Gasteiger partial charge in [-0.25, -0.2) is 4.79 Å². The minimum absolute atomic E-state index is 0.0847. The van der Waals surface area contributed by atoms with E-state index in [2.05, 4.69) is 10.6 Å². The lowest BCUT2D eigenvalue weighted by Crippen LogP contribution is -2.40. The van der Waals surface area contributed by atoms with E-state index in [1.54, 1.807) is 38.4 Å². The maximum Gasteiger partial charge on any atom is 0.408 e. The predicted octanol–water partition coefficient (Wildman–Crippen LogP) is 2.92. The van der Waals surface area contributed by atoms with Crippen LogP contribution in [0.2, 0.25) is 0 Å². The third kappa shape index (κ3) is 6.28. The first-order chi connectivity index (χ1) is 13.4. The first kappa shape index (κ1) is 21.2. The number of likely N-dealkylation sites (N-methyl/N-ethyl adjacent to an activating group) is 1. The molecule has 0 heterocycles. The molecule has 0 spiro atoms. The van der Waals surface area contributed by atoms with Crippen molar-refractivity contribution in [2.45, 2.75) is 12.6 Å². The Morgan fingerprint density at radius 2 is 1.79 bits per heavy atom. The smallest absolute Gasteiger partial charge is 0.408 e. The summed E-state index contributed by atoms with van der Waals surface area (Å²) in [7, 11) is 3.18. The Kier molecular flexibility index (Phi) is 7.83. The van der Waals surface area contributed by atoms with E-state index in [9.17, 15) is 14.4 Å². The van der Waals surface area contributed by atoms with E-state index in [0.717, 1.165) is 5.56 Å². The molecule has 0 radical (unpaired) electrons. The lowest BCUT2D eigenvalue weighted by molar-refractivity contribution is -0.131. The van der Waals surface area contributed by atoms with Crippen molar-refractivity contribution in [2.75, 3.05) is 25.3 Å². The number of anilines is 1. The Labute approximate surface area is 168 Å². The molecule has 3 amide bonds. The predicted molar refractivity (Wildman–Crippen MR) is 107 cm³/mol. The second-order valence-electron chi connectivity index (χ2n) is 6.18. The molecule has 7 nitrogen and oxygen atoms in total. The molecule has 2 rings (SSSR count). The zero-order valence-electron chi connectivity index (χ0n) is 15.6. The van der Waals surface area contributed by atoms with Crippen molar-refractivity contribution in [3.8, 4) is 0 Å². The molecule has 0 saturated carbocycles. The summed E-state index contributed by atoms with van der Waals surface area (Å²) < 4.78 is 5.21. The molecule has 0 saturated heterocycles. The minimum atomic E-state index is -0.967. The monoisotopic (exact) mass is 403 g/mol. The van der Waals surface area contributed by atoms with Gasteiger partial charge < -0.3 is 20.3 Å². The standard InChI is InChI=1S/C20H22ClN3O4/c1-24(2)19(26)18(15-9-6-10-16(11-15)22-17(25)12-21)23-20(27)28-13-14-7-4-3-5-8-14/h3-11,18H,12-13H2,1-2H3,(H,22,25)(H,23,27)/t18-/m1/s1. The van der Waals surface area contributed by atoms with Gasteiger partial charge in [0.05, 0.1) is 0 Å². The van der Waals surface area contributed by atoms with Crippen molar-refractivity contribution in [1.29, 1.82) is 0 Å². The highest BCUT2D eigenvalue weighted by Gasteiger charge is 2.25. The van der Waals surface area contributed by atoms with Gasteiger partial charge in [0.2, 0.25) is 11.8 Å². The number of rotatable bonds is 7.